The number of carbonyl (C=O) groups is 1. The van der Waals surface area contributed by atoms with Crippen molar-refractivity contribution in [3.05, 3.63) is 41.5 Å². The van der Waals surface area contributed by atoms with Crippen molar-refractivity contribution in [2.24, 2.45) is 5.92 Å². The summed E-state index contributed by atoms with van der Waals surface area (Å²) in [6, 6.07) is 8.06. The molecule has 0 spiro atoms. The first kappa shape index (κ1) is 16.3. The average molecular weight is 340 g/mol. The van der Waals surface area contributed by atoms with Crippen molar-refractivity contribution in [3.8, 4) is 0 Å². The van der Waals surface area contributed by atoms with E-state index < -0.39 is 0 Å². The molecule has 1 aromatic carbocycles. The average Bonchev–Trinajstić information content (AvgIpc) is 2.93. The summed E-state index contributed by atoms with van der Waals surface area (Å²) >= 11 is 0. The Hall–Kier alpha value is -2.21. The molecule has 1 N–H and O–H groups in total. The van der Waals surface area contributed by atoms with Gasteiger partial charge in [0, 0.05) is 25.6 Å². The molecule has 1 saturated heterocycles. The number of nitrogens with zero attached hydrogens (tertiary/aromatic N) is 3. The molecular formula is C19H24N4O2. The number of hydrogen-bond donors (Lipinski definition) is 1. The molecule has 132 valence electrons. The molecule has 2 aromatic rings. The van der Waals surface area contributed by atoms with E-state index in [0.29, 0.717) is 11.8 Å². The number of aryl methyl sites for hydroxylation is 2. The molecule has 0 bridgehead atoms. The molecule has 0 saturated carbocycles. The van der Waals surface area contributed by atoms with E-state index in [1.807, 2.05) is 25.1 Å². The number of amides is 1. The van der Waals surface area contributed by atoms with E-state index in [-0.39, 0.29) is 11.9 Å². The van der Waals surface area contributed by atoms with E-state index in [4.69, 9.17) is 4.52 Å². The smallest absolute Gasteiger partial charge is 0.241 e. The van der Waals surface area contributed by atoms with E-state index in [1.165, 1.54) is 5.56 Å². The maximum Gasteiger partial charge on any atom is 0.241 e. The standard InChI is InChI=1S/C19H24N4O2/c1-13-20-18(22-25-13)11-14-5-4-10-23(12-14)17-9-8-15-6-2-3-7-16(15)21-19(17)24/h2-3,6-7,14,17H,4-5,8-12H2,1H3,(H,21,24)/t14-,17-/m1/s1. The highest BCUT2D eigenvalue weighted by Gasteiger charge is 2.32. The molecule has 2 atom stereocenters. The van der Waals surface area contributed by atoms with Crippen LogP contribution in [0.2, 0.25) is 0 Å². The van der Waals surface area contributed by atoms with Crippen LogP contribution in [0.1, 0.15) is 36.5 Å². The summed E-state index contributed by atoms with van der Waals surface area (Å²) in [4.78, 5) is 19.4. The summed E-state index contributed by atoms with van der Waals surface area (Å²) in [5.74, 6) is 2.00. The van der Waals surface area contributed by atoms with Crippen molar-refractivity contribution in [2.75, 3.05) is 18.4 Å². The maximum atomic E-state index is 12.8. The first-order chi connectivity index (χ1) is 12.2. The van der Waals surface area contributed by atoms with Crippen LogP contribution in [0.3, 0.4) is 0 Å². The second kappa shape index (κ2) is 6.96. The summed E-state index contributed by atoms with van der Waals surface area (Å²) in [6.07, 6.45) is 4.89. The third-order valence-corrected chi connectivity index (χ3v) is 5.30. The molecular weight excluding hydrogens is 316 g/mol. The highest BCUT2D eigenvalue weighted by molar-refractivity contribution is 5.96. The molecule has 1 aromatic heterocycles. The third-order valence-electron chi connectivity index (χ3n) is 5.30. The Morgan fingerprint density at radius 2 is 2.20 bits per heavy atom. The van der Waals surface area contributed by atoms with Gasteiger partial charge in [0.1, 0.15) is 0 Å². The number of aromatic nitrogens is 2. The minimum atomic E-state index is -0.0535. The zero-order valence-electron chi connectivity index (χ0n) is 14.6. The number of rotatable bonds is 3. The van der Waals surface area contributed by atoms with Crippen LogP contribution in [0.25, 0.3) is 0 Å². The topological polar surface area (TPSA) is 71.3 Å². The molecule has 2 aliphatic heterocycles. The van der Waals surface area contributed by atoms with Crippen molar-refractivity contribution in [1.29, 1.82) is 0 Å². The van der Waals surface area contributed by atoms with E-state index in [1.54, 1.807) is 0 Å². The van der Waals surface area contributed by atoms with Crippen LogP contribution in [-0.4, -0.2) is 40.1 Å². The van der Waals surface area contributed by atoms with Crippen molar-refractivity contribution >= 4 is 11.6 Å². The number of para-hydroxylation sites is 1. The van der Waals surface area contributed by atoms with E-state index in [2.05, 4.69) is 26.4 Å². The Labute approximate surface area is 147 Å². The molecule has 1 amide bonds. The molecule has 3 heterocycles. The lowest BCUT2D eigenvalue weighted by Gasteiger charge is -2.36. The van der Waals surface area contributed by atoms with Crippen LogP contribution in [0.4, 0.5) is 5.69 Å². The van der Waals surface area contributed by atoms with Gasteiger partial charge in [-0.15, -0.1) is 0 Å². The fourth-order valence-electron chi connectivity index (χ4n) is 4.08. The molecule has 1 fully saturated rings. The Bertz CT molecular complexity index is 757. The minimum Gasteiger partial charge on any atom is -0.340 e. The van der Waals surface area contributed by atoms with Crippen molar-refractivity contribution < 1.29 is 9.32 Å². The van der Waals surface area contributed by atoms with E-state index >= 15 is 0 Å². The van der Waals surface area contributed by atoms with Crippen LogP contribution in [0, 0.1) is 12.8 Å². The van der Waals surface area contributed by atoms with Gasteiger partial charge in [-0.1, -0.05) is 23.4 Å². The monoisotopic (exact) mass is 340 g/mol. The molecule has 2 aliphatic rings. The number of anilines is 1. The van der Waals surface area contributed by atoms with Gasteiger partial charge in [-0.3, -0.25) is 9.69 Å². The molecule has 0 radical (unpaired) electrons. The van der Waals surface area contributed by atoms with Crippen molar-refractivity contribution in [1.82, 2.24) is 15.0 Å². The van der Waals surface area contributed by atoms with Gasteiger partial charge in [0.05, 0.1) is 6.04 Å². The van der Waals surface area contributed by atoms with E-state index in [0.717, 1.165) is 56.7 Å². The van der Waals surface area contributed by atoms with Crippen LogP contribution in [0.15, 0.2) is 28.8 Å². The van der Waals surface area contributed by atoms with Gasteiger partial charge in [-0.05, 0) is 49.8 Å². The fourth-order valence-corrected chi connectivity index (χ4v) is 4.08. The lowest BCUT2D eigenvalue weighted by molar-refractivity contribution is -0.122. The number of piperidine rings is 1. The normalized spacial score (nSPS) is 24.4. The number of fused-ring (bicyclic) bond motifs is 1. The SMILES string of the molecule is Cc1nc(C[C@H]2CCCN([C@@H]3CCc4ccccc4NC3=O)C2)no1. The molecule has 6 nitrogen and oxygen atoms in total. The van der Waals surface area contributed by atoms with Crippen molar-refractivity contribution in [3.63, 3.8) is 0 Å². The highest BCUT2D eigenvalue weighted by atomic mass is 16.5. The Balaban J connectivity index is 1.43. The number of carbonyl (C=O) groups excluding carboxylic acids is 1. The van der Waals surface area contributed by atoms with Crippen LogP contribution in [-0.2, 0) is 17.6 Å². The van der Waals surface area contributed by atoms with Gasteiger partial charge >= 0.3 is 0 Å². The first-order valence-corrected chi connectivity index (χ1v) is 9.11. The number of nitrogens with one attached hydrogen (secondary N) is 1. The summed E-state index contributed by atoms with van der Waals surface area (Å²) in [6.45, 7) is 3.72. The summed E-state index contributed by atoms with van der Waals surface area (Å²) in [5, 5.41) is 7.14. The van der Waals surface area contributed by atoms with Crippen LogP contribution in [0.5, 0.6) is 0 Å². The summed E-state index contributed by atoms with van der Waals surface area (Å²) < 4.78 is 5.08. The highest BCUT2D eigenvalue weighted by Crippen LogP contribution is 2.27. The summed E-state index contributed by atoms with van der Waals surface area (Å²) in [7, 11) is 0. The quantitative estimate of drug-likeness (QED) is 0.930. The number of hydrogen-bond acceptors (Lipinski definition) is 5. The van der Waals surface area contributed by atoms with E-state index in [9.17, 15) is 4.79 Å². The van der Waals surface area contributed by atoms with Gasteiger partial charge in [-0.2, -0.15) is 4.98 Å². The first-order valence-electron chi connectivity index (χ1n) is 9.11. The van der Waals surface area contributed by atoms with Gasteiger partial charge in [0.25, 0.3) is 0 Å². The van der Waals surface area contributed by atoms with Gasteiger partial charge in [0.2, 0.25) is 11.8 Å². The maximum absolute atomic E-state index is 12.8. The third kappa shape index (κ3) is 3.58. The Kier molecular flexibility index (Phi) is 4.53. The zero-order valence-corrected chi connectivity index (χ0v) is 14.6. The van der Waals surface area contributed by atoms with Gasteiger partial charge < -0.3 is 9.84 Å². The molecule has 25 heavy (non-hydrogen) atoms. The zero-order chi connectivity index (χ0) is 17.2. The minimum absolute atomic E-state index is 0.0535. The Morgan fingerprint density at radius 1 is 1.32 bits per heavy atom. The predicted octanol–water partition coefficient (Wildman–Crippen LogP) is 2.59. The predicted molar refractivity (Wildman–Crippen MR) is 94.2 cm³/mol. The van der Waals surface area contributed by atoms with Crippen LogP contribution >= 0.6 is 0 Å². The Morgan fingerprint density at radius 3 is 3.04 bits per heavy atom. The summed E-state index contributed by atoms with van der Waals surface area (Å²) in [5.41, 5.74) is 2.19. The number of likely N-dealkylation sites (tertiary alicyclic amines) is 1. The largest absolute Gasteiger partial charge is 0.340 e. The second-order valence-corrected chi connectivity index (χ2v) is 7.14. The molecule has 0 unspecified atom stereocenters. The molecule has 4 rings (SSSR count). The fraction of sp³-hybridized carbons (Fsp3) is 0.526. The molecule has 6 heteroatoms. The lowest BCUT2D eigenvalue weighted by Crippen LogP contribution is -2.48. The van der Waals surface area contributed by atoms with Gasteiger partial charge in [0.15, 0.2) is 5.82 Å². The van der Waals surface area contributed by atoms with Gasteiger partial charge in [-0.25, -0.2) is 0 Å². The number of benzene rings is 1. The second-order valence-electron chi connectivity index (χ2n) is 7.14. The van der Waals surface area contributed by atoms with Crippen LogP contribution < -0.4 is 5.32 Å². The lowest BCUT2D eigenvalue weighted by atomic mass is 9.92. The molecule has 0 aliphatic carbocycles. The van der Waals surface area contributed by atoms with Crippen molar-refractivity contribution in [2.45, 2.75) is 45.1 Å².